The van der Waals surface area contributed by atoms with Gasteiger partial charge >= 0.3 is 0 Å². The molecule has 1 heterocycles. The molecule has 0 radical (unpaired) electrons. The molecule has 0 spiro atoms. The van der Waals surface area contributed by atoms with Crippen molar-refractivity contribution >= 4 is 10.0 Å². The van der Waals surface area contributed by atoms with Crippen molar-refractivity contribution in [1.82, 2.24) is 4.31 Å². The van der Waals surface area contributed by atoms with Crippen molar-refractivity contribution in [2.45, 2.75) is 24.8 Å². The molecule has 1 aromatic rings. The second kappa shape index (κ2) is 3.84. The van der Waals surface area contributed by atoms with Crippen LogP contribution in [0.5, 0.6) is 0 Å². The lowest BCUT2D eigenvalue weighted by Gasteiger charge is -2.34. The van der Waals surface area contributed by atoms with Crippen LogP contribution in [0.2, 0.25) is 0 Å². The quantitative estimate of drug-likeness (QED) is 0.828. The van der Waals surface area contributed by atoms with Crippen LogP contribution in [-0.2, 0) is 10.0 Å². The normalized spacial score (nSPS) is 18.4. The summed E-state index contributed by atoms with van der Waals surface area (Å²) < 4.78 is 25.6. The Bertz CT molecular complexity index is 504. The third-order valence-corrected chi connectivity index (χ3v) is 4.76. The van der Waals surface area contributed by atoms with Gasteiger partial charge in [0, 0.05) is 13.1 Å². The molecule has 0 bridgehead atoms. The molecule has 1 aliphatic heterocycles. The maximum Gasteiger partial charge on any atom is 0.243 e. The smallest absolute Gasteiger partial charge is 0.243 e. The predicted octanol–water partition coefficient (Wildman–Crippen LogP) is 0.669. The Morgan fingerprint density at radius 3 is 2.50 bits per heavy atom. The Morgan fingerprint density at radius 2 is 1.94 bits per heavy atom. The van der Waals surface area contributed by atoms with Crippen LogP contribution in [0.25, 0.3) is 0 Å². The molecule has 1 fully saturated rings. The first-order valence-corrected chi connectivity index (χ1v) is 6.61. The van der Waals surface area contributed by atoms with E-state index in [0.29, 0.717) is 4.90 Å². The molecule has 5 heteroatoms. The van der Waals surface area contributed by atoms with Crippen molar-refractivity contribution in [2.75, 3.05) is 13.1 Å². The van der Waals surface area contributed by atoms with E-state index in [4.69, 9.17) is 5.11 Å². The Kier molecular flexibility index (Phi) is 2.77. The second-order valence-electron chi connectivity index (χ2n) is 4.24. The Balaban J connectivity index is 2.40. The van der Waals surface area contributed by atoms with Gasteiger partial charge < -0.3 is 5.11 Å². The van der Waals surface area contributed by atoms with Crippen molar-refractivity contribution in [3.63, 3.8) is 0 Å². The topological polar surface area (TPSA) is 57.6 Å². The molecule has 16 heavy (non-hydrogen) atoms. The summed E-state index contributed by atoms with van der Waals surface area (Å²) in [5.74, 6) is 0. The SMILES string of the molecule is Cc1ccc(C)c(S(=O)(=O)N2CC(O)C2)c1. The Labute approximate surface area is 95.6 Å². The lowest BCUT2D eigenvalue weighted by Crippen LogP contribution is -2.53. The molecule has 88 valence electrons. The summed E-state index contributed by atoms with van der Waals surface area (Å²) >= 11 is 0. The van der Waals surface area contributed by atoms with E-state index in [2.05, 4.69) is 0 Å². The molecular weight excluding hydrogens is 226 g/mol. The maximum absolute atomic E-state index is 12.1. The van der Waals surface area contributed by atoms with Crippen molar-refractivity contribution < 1.29 is 13.5 Å². The fourth-order valence-corrected chi connectivity index (χ4v) is 3.56. The van der Waals surface area contributed by atoms with Crippen LogP contribution in [0, 0.1) is 13.8 Å². The van der Waals surface area contributed by atoms with Crippen molar-refractivity contribution in [2.24, 2.45) is 0 Å². The highest BCUT2D eigenvalue weighted by molar-refractivity contribution is 7.89. The molecule has 1 aliphatic rings. The first-order valence-electron chi connectivity index (χ1n) is 5.17. The third kappa shape index (κ3) is 1.86. The number of aliphatic hydroxyl groups is 1. The average Bonchev–Trinajstić information content (AvgIpc) is 2.16. The molecule has 0 aliphatic carbocycles. The van der Waals surface area contributed by atoms with Crippen LogP contribution < -0.4 is 0 Å². The van der Waals surface area contributed by atoms with E-state index in [0.717, 1.165) is 11.1 Å². The molecule has 2 rings (SSSR count). The number of hydrogen-bond donors (Lipinski definition) is 1. The number of hydrogen-bond acceptors (Lipinski definition) is 3. The van der Waals surface area contributed by atoms with E-state index in [-0.39, 0.29) is 13.1 Å². The van der Waals surface area contributed by atoms with Gasteiger partial charge in [0.05, 0.1) is 11.0 Å². The number of sulfonamides is 1. The van der Waals surface area contributed by atoms with E-state index >= 15 is 0 Å². The van der Waals surface area contributed by atoms with Gasteiger partial charge in [-0.25, -0.2) is 8.42 Å². The van der Waals surface area contributed by atoms with Crippen LogP contribution in [0.4, 0.5) is 0 Å². The largest absolute Gasteiger partial charge is 0.390 e. The fraction of sp³-hybridized carbons (Fsp3) is 0.455. The van der Waals surface area contributed by atoms with Gasteiger partial charge in [0.15, 0.2) is 0 Å². The molecule has 1 aromatic carbocycles. The van der Waals surface area contributed by atoms with Crippen LogP contribution in [0.15, 0.2) is 23.1 Å². The zero-order valence-electron chi connectivity index (χ0n) is 9.34. The number of rotatable bonds is 2. The fourth-order valence-electron chi connectivity index (χ4n) is 1.74. The summed E-state index contributed by atoms with van der Waals surface area (Å²) in [7, 11) is -3.41. The Hall–Kier alpha value is -0.910. The number of aryl methyl sites for hydroxylation is 2. The lowest BCUT2D eigenvalue weighted by atomic mass is 10.2. The number of benzene rings is 1. The van der Waals surface area contributed by atoms with Gasteiger partial charge in [0.1, 0.15) is 0 Å². The van der Waals surface area contributed by atoms with Crippen LogP contribution in [-0.4, -0.2) is 37.0 Å². The number of β-amino-alcohol motifs (C(OH)–C–C–N with tert-alkyl or cyclic N) is 1. The molecule has 4 nitrogen and oxygen atoms in total. The minimum Gasteiger partial charge on any atom is -0.390 e. The van der Waals surface area contributed by atoms with E-state index in [1.807, 2.05) is 13.0 Å². The van der Waals surface area contributed by atoms with Gasteiger partial charge in [0.25, 0.3) is 0 Å². The molecule has 0 atom stereocenters. The zero-order chi connectivity index (χ0) is 11.9. The molecule has 0 aromatic heterocycles. The lowest BCUT2D eigenvalue weighted by molar-refractivity contribution is 0.0547. The highest BCUT2D eigenvalue weighted by Crippen LogP contribution is 2.24. The number of aliphatic hydroxyl groups excluding tert-OH is 1. The summed E-state index contributed by atoms with van der Waals surface area (Å²) in [5, 5.41) is 9.15. The van der Waals surface area contributed by atoms with Crippen molar-refractivity contribution in [3.8, 4) is 0 Å². The van der Waals surface area contributed by atoms with E-state index in [1.54, 1.807) is 19.1 Å². The van der Waals surface area contributed by atoms with E-state index in [1.165, 1.54) is 4.31 Å². The van der Waals surface area contributed by atoms with Gasteiger partial charge in [-0.2, -0.15) is 4.31 Å². The predicted molar refractivity (Wildman–Crippen MR) is 60.7 cm³/mol. The minimum atomic E-state index is -3.41. The minimum absolute atomic E-state index is 0.204. The summed E-state index contributed by atoms with van der Waals surface area (Å²) in [6, 6.07) is 5.37. The van der Waals surface area contributed by atoms with Gasteiger partial charge in [-0.15, -0.1) is 0 Å². The molecule has 1 N–H and O–H groups in total. The monoisotopic (exact) mass is 241 g/mol. The molecular formula is C11H15NO3S. The summed E-state index contributed by atoms with van der Waals surface area (Å²) in [5.41, 5.74) is 1.66. The van der Waals surface area contributed by atoms with Gasteiger partial charge in [-0.3, -0.25) is 0 Å². The maximum atomic E-state index is 12.1. The van der Waals surface area contributed by atoms with Gasteiger partial charge in [-0.05, 0) is 31.0 Å². The average molecular weight is 241 g/mol. The highest BCUT2D eigenvalue weighted by Gasteiger charge is 2.36. The van der Waals surface area contributed by atoms with Crippen LogP contribution >= 0.6 is 0 Å². The molecule has 1 saturated heterocycles. The molecule has 0 unspecified atom stereocenters. The molecule has 0 amide bonds. The van der Waals surface area contributed by atoms with Gasteiger partial charge in [0.2, 0.25) is 10.0 Å². The third-order valence-electron chi connectivity index (χ3n) is 2.79. The highest BCUT2D eigenvalue weighted by atomic mass is 32.2. The van der Waals surface area contributed by atoms with Crippen LogP contribution in [0.1, 0.15) is 11.1 Å². The summed E-state index contributed by atoms with van der Waals surface area (Å²) in [6.45, 7) is 4.05. The van der Waals surface area contributed by atoms with Crippen molar-refractivity contribution in [1.29, 1.82) is 0 Å². The first-order chi connectivity index (χ1) is 7.41. The standard InChI is InChI=1S/C11H15NO3S/c1-8-3-4-9(2)11(5-8)16(14,15)12-6-10(13)7-12/h3-5,10,13H,6-7H2,1-2H3. The first kappa shape index (κ1) is 11.6. The van der Waals surface area contributed by atoms with Gasteiger partial charge in [-0.1, -0.05) is 12.1 Å². The molecule has 0 saturated carbocycles. The van der Waals surface area contributed by atoms with E-state index < -0.39 is 16.1 Å². The zero-order valence-corrected chi connectivity index (χ0v) is 10.2. The van der Waals surface area contributed by atoms with Crippen LogP contribution in [0.3, 0.4) is 0 Å². The second-order valence-corrected chi connectivity index (χ2v) is 6.15. The summed E-state index contributed by atoms with van der Waals surface area (Å²) in [4.78, 5) is 0.347. The Morgan fingerprint density at radius 1 is 1.31 bits per heavy atom. The summed E-state index contributed by atoms with van der Waals surface area (Å²) in [6.07, 6.45) is -0.514. The number of nitrogens with zero attached hydrogens (tertiary/aromatic N) is 1. The van der Waals surface area contributed by atoms with E-state index in [9.17, 15) is 8.42 Å². The van der Waals surface area contributed by atoms with Crippen molar-refractivity contribution in [3.05, 3.63) is 29.3 Å².